The van der Waals surface area contributed by atoms with Crippen LogP contribution in [0.25, 0.3) is 6.08 Å². The summed E-state index contributed by atoms with van der Waals surface area (Å²) in [5.41, 5.74) is 1.69. The van der Waals surface area contributed by atoms with Gasteiger partial charge in [-0.05, 0) is 48.4 Å². The molecule has 10 heteroatoms. The number of hydrogen-bond donors (Lipinski definition) is 0. The third kappa shape index (κ3) is 4.67. The molecule has 0 amide bonds. The zero-order valence-electron chi connectivity index (χ0n) is 20.4. The third-order valence-electron chi connectivity index (χ3n) is 5.58. The van der Waals surface area contributed by atoms with Crippen LogP contribution < -0.4 is 29.1 Å². The molecule has 0 saturated carbocycles. The van der Waals surface area contributed by atoms with Crippen molar-refractivity contribution in [1.29, 1.82) is 0 Å². The Bertz CT molecular complexity index is 1570. The van der Waals surface area contributed by atoms with Gasteiger partial charge in [0.25, 0.3) is 5.56 Å². The number of ether oxygens (including phenoxy) is 4. The quantitative estimate of drug-likeness (QED) is 0.372. The fourth-order valence-electron chi connectivity index (χ4n) is 3.98. The second kappa shape index (κ2) is 10.2. The number of esters is 2. The van der Waals surface area contributed by atoms with Crippen LogP contribution in [-0.2, 0) is 14.3 Å². The summed E-state index contributed by atoms with van der Waals surface area (Å²) in [6, 6.07) is 11.4. The van der Waals surface area contributed by atoms with E-state index in [0.29, 0.717) is 26.3 Å². The molecular formula is C26H24N2O7S. The average Bonchev–Trinajstić information content (AvgIpc) is 3.16. The summed E-state index contributed by atoms with van der Waals surface area (Å²) in [5.74, 6) is 0.0571. The van der Waals surface area contributed by atoms with Crippen molar-refractivity contribution in [3.8, 4) is 17.2 Å². The van der Waals surface area contributed by atoms with Gasteiger partial charge >= 0.3 is 11.9 Å². The molecule has 9 nitrogen and oxygen atoms in total. The average molecular weight is 509 g/mol. The topological polar surface area (TPSA) is 105 Å². The summed E-state index contributed by atoms with van der Waals surface area (Å²) in [6.07, 6.45) is 1.75. The SMILES string of the molecule is COC(=O)C1=C(C)N=c2s/c(=C/c3cccc(OC)c3)c(=O)n2[C@@H]1c1ccc(OC(C)=O)c(OC)c1. The number of carbonyl (C=O) groups excluding carboxylic acids is 2. The number of fused-ring (bicyclic) bond motifs is 1. The first-order chi connectivity index (χ1) is 17.3. The van der Waals surface area contributed by atoms with E-state index in [0.717, 1.165) is 5.56 Å². The standard InChI is InChI=1S/C26H24N2O7S/c1-14-22(25(31)34-5)23(17-9-10-19(35-15(2)29)20(13-17)33-4)28-24(30)21(36-26(28)27-14)12-16-7-6-8-18(11-16)32-3/h6-13,23H,1-5H3/b21-12+/t23-/m1/s1. The van der Waals surface area contributed by atoms with Crippen molar-refractivity contribution in [2.75, 3.05) is 21.3 Å². The molecule has 1 atom stereocenters. The second-order valence-corrected chi connectivity index (χ2v) is 8.86. The van der Waals surface area contributed by atoms with E-state index in [1.165, 1.54) is 37.0 Å². The summed E-state index contributed by atoms with van der Waals surface area (Å²) >= 11 is 1.22. The van der Waals surface area contributed by atoms with E-state index in [-0.39, 0.29) is 22.6 Å². The van der Waals surface area contributed by atoms with Crippen molar-refractivity contribution in [2.45, 2.75) is 19.9 Å². The van der Waals surface area contributed by atoms with Crippen molar-refractivity contribution >= 4 is 29.4 Å². The maximum atomic E-state index is 13.7. The van der Waals surface area contributed by atoms with Gasteiger partial charge in [0.2, 0.25) is 0 Å². The molecule has 0 bridgehead atoms. The first kappa shape index (κ1) is 24.9. The lowest BCUT2D eigenvalue weighted by atomic mass is 9.95. The minimum atomic E-state index is -0.832. The predicted octanol–water partition coefficient (Wildman–Crippen LogP) is 2.35. The van der Waals surface area contributed by atoms with Crippen LogP contribution in [0.1, 0.15) is 31.0 Å². The minimum absolute atomic E-state index is 0.222. The number of thiazole rings is 1. The van der Waals surface area contributed by atoms with E-state index >= 15 is 0 Å². The fraction of sp³-hybridized carbons (Fsp3) is 0.231. The van der Waals surface area contributed by atoms with Crippen molar-refractivity contribution in [2.24, 2.45) is 4.99 Å². The van der Waals surface area contributed by atoms with E-state index in [9.17, 15) is 14.4 Å². The molecule has 3 aromatic rings. The van der Waals surface area contributed by atoms with Crippen LogP contribution in [0.2, 0.25) is 0 Å². The summed E-state index contributed by atoms with van der Waals surface area (Å²) in [5, 5.41) is 0. The van der Waals surface area contributed by atoms with Gasteiger partial charge < -0.3 is 18.9 Å². The molecule has 0 fully saturated rings. The van der Waals surface area contributed by atoms with E-state index in [1.807, 2.05) is 24.3 Å². The summed E-state index contributed by atoms with van der Waals surface area (Å²) in [6.45, 7) is 2.98. The van der Waals surface area contributed by atoms with E-state index in [4.69, 9.17) is 18.9 Å². The maximum absolute atomic E-state index is 13.7. The molecule has 2 aromatic carbocycles. The Hall–Kier alpha value is -4.18. The van der Waals surface area contributed by atoms with Crippen molar-refractivity contribution in [3.05, 3.63) is 84.5 Å². The number of methoxy groups -OCH3 is 3. The van der Waals surface area contributed by atoms with Gasteiger partial charge in [0.05, 0.1) is 43.2 Å². The van der Waals surface area contributed by atoms with E-state index in [2.05, 4.69) is 4.99 Å². The Morgan fingerprint density at radius 3 is 2.50 bits per heavy atom. The van der Waals surface area contributed by atoms with Gasteiger partial charge in [-0.3, -0.25) is 14.2 Å². The highest BCUT2D eigenvalue weighted by atomic mass is 32.1. The van der Waals surface area contributed by atoms with Gasteiger partial charge in [-0.15, -0.1) is 0 Å². The molecule has 0 N–H and O–H groups in total. The molecular weight excluding hydrogens is 484 g/mol. The molecule has 1 aromatic heterocycles. The molecule has 0 saturated heterocycles. The van der Waals surface area contributed by atoms with Gasteiger partial charge in [-0.2, -0.15) is 0 Å². The number of benzene rings is 2. The Morgan fingerprint density at radius 2 is 1.83 bits per heavy atom. The lowest BCUT2D eigenvalue weighted by Gasteiger charge is -2.25. The highest BCUT2D eigenvalue weighted by Gasteiger charge is 2.33. The second-order valence-electron chi connectivity index (χ2n) is 7.85. The number of rotatable bonds is 6. The number of carbonyl (C=O) groups is 2. The molecule has 186 valence electrons. The summed E-state index contributed by atoms with van der Waals surface area (Å²) in [4.78, 5) is 43.0. The summed E-state index contributed by atoms with van der Waals surface area (Å²) in [7, 11) is 4.29. The predicted molar refractivity (Wildman–Crippen MR) is 133 cm³/mol. The van der Waals surface area contributed by atoms with Crippen molar-refractivity contribution in [1.82, 2.24) is 4.57 Å². The summed E-state index contributed by atoms with van der Waals surface area (Å²) < 4.78 is 22.9. The van der Waals surface area contributed by atoms with Crippen LogP contribution in [0.4, 0.5) is 0 Å². The van der Waals surface area contributed by atoms with Crippen LogP contribution in [0.5, 0.6) is 17.2 Å². The monoisotopic (exact) mass is 508 g/mol. The molecule has 4 rings (SSSR count). The molecule has 0 radical (unpaired) electrons. The lowest BCUT2D eigenvalue weighted by Crippen LogP contribution is -2.39. The van der Waals surface area contributed by atoms with Gasteiger partial charge in [0, 0.05) is 6.92 Å². The molecule has 0 unspecified atom stereocenters. The third-order valence-corrected chi connectivity index (χ3v) is 6.56. The van der Waals surface area contributed by atoms with Crippen LogP contribution in [0.3, 0.4) is 0 Å². The first-order valence-corrected chi connectivity index (χ1v) is 11.7. The molecule has 36 heavy (non-hydrogen) atoms. The highest BCUT2D eigenvalue weighted by Crippen LogP contribution is 2.36. The van der Waals surface area contributed by atoms with Crippen LogP contribution >= 0.6 is 11.3 Å². The van der Waals surface area contributed by atoms with Gasteiger partial charge in [0.1, 0.15) is 5.75 Å². The van der Waals surface area contributed by atoms with Gasteiger partial charge in [0.15, 0.2) is 16.3 Å². The minimum Gasteiger partial charge on any atom is -0.497 e. The number of nitrogens with zero attached hydrogens (tertiary/aromatic N) is 2. The molecule has 1 aliphatic rings. The molecule has 2 heterocycles. The van der Waals surface area contributed by atoms with Crippen LogP contribution in [0.15, 0.2) is 63.5 Å². The molecule has 0 aliphatic carbocycles. The Kier molecular flexibility index (Phi) is 7.07. The normalized spacial score (nSPS) is 15.1. The maximum Gasteiger partial charge on any atom is 0.338 e. The van der Waals surface area contributed by atoms with Crippen LogP contribution in [-0.4, -0.2) is 37.8 Å². The zero-order valence-corrected chi connectivity index (χ0v) is 21.2. The Balaban J connectivity index is 1.95. The van der Waals surface area contributed by atoms with Crippen molar-refractivity contribution < 1.29 is 28.5 Å². The molecule has 0 spiro atoms. The van der Waals surface area contributed by atoms with E-state index < -0.39 is 18.0 Å². The van der Waals surface area contributed by atoms with E-state index in [1.54, 1.807) is 38.3 Å². The smallest absolute Gasteiger partial charge is 0.338 e. The van der Waals surface area contributed by atoms with Crippen LogP contribution in [0, 0.1) is 0 Å². The highest BCUT2D eigenvalue weighted by molar-refractivity contribution is 7.07. The first-order valence-electron chi connectivity index (χ1n) is 10.9. The van der Waals surface area contributed by atoms with Gasteiger partial charge in [-0.1, -0.05) is 29.5 Å². The Labute approximate surface area is 210 Å². The van der Waals surface area contributed by atoms with Gasteiger partial charge in [-0.25, -0.2) is 9.79 Å². The fourth-order valence-corrected chi connectivity index (χ4v) is 5.03. The number of allylic oxidation sites excluding steroid dienone is 1. The number of hydrogen-bond acceptors (Lipinski definition) is 9. The molecule has 1 aliphatic heterocycles. The largest absolute Gasteiger partial charge is 0.497 e. The number of aromatic nitrogens is 1. The zero-order chi connectivity index (χ0) is 26.0. The Morgan fingerprint density at radius 1 is 1.06 bits per heavy atom. The van der Waals surface area contributed by atoms with Crippen molar-refractivity contribution in [3.63, 3.8) is 0 Å². The lowest BCUT2D eigenvalue weighted by molar-refractivity contribution is -0.136.